The van der Waals surface area contributed by atoms with Gasteiger partial charge in [-0.25, -0.2) is 10.4 Å². The Balaban J connectivity index is 1.54. The molecule has 0 spiro atoms. The number of amides is 1. The van der Waals surface area contributed by atoms with Crippen LogP contribution in [-0.4, -0.2) is 27.4 Å². The molecular formula is C26H24N4O2S. The average molecular weight is 457 g/mol. The van der Waals surface area contributed by atoms with Gasteiger partial charge < -0.3 is 0 Å². The molecule has 1 N–H and O–H groups in total. The Morgan fingerprint density at radius 2 is 1.79 bits per heavy atom. The highest BCUT2D eigenvalue weighted by molar-refractivity contribution is 7.99. The van der Waals surface area contributed by atoms with Gasteiger partial charge in [-0.05, 0) is 48.2 Å². The van der Waals surface area contributed by atoms with E-state index in [0.29, 0.717) is 16.1 Å². The van der Waals surface area contributed by atoms with Crippen molar-refractivity contribution in [3.8, 4) is 5.69 Å². The van der Waals surface area contributed by atoms with Gasteiger partial charge in [-0.15, -0.1) is 0 Å². The quantitative estimate of drug-likeness (QED) is 0.192. The minimum absolute atomic E-state index is 0.0722. The fraction of sp³-hybridized carbons (Fsp3) is 0.154. The fourth-order valence-corrected chi connectivity index (χ4v) is 4.21. The van der Waals surface area contributed by atoms with Crippen molar-refractivity contribution >= 4 is 34.8 Å². The van der Waals surface area contributed by atoms with E-state index in [-0.39, 0.29) is 17.2 Å². The summed E-state index contributed by atoms with van der Waals surface area (Å²) in [5, 5.41) is 5.04. The van der Waals surface area contributed by atoms with Crippen molar-refractivity contribution in [3.05, 3.63) is 99.8 Å². The lowest BCUT2D eigenvalue weighted by Gasteiger charge is -2.14. The maximum Gasteiger partial charge on any atom is 0.266 e. The van der Waals surface area contributed by atoms with Crippen molar-refractivity contribution in [2.24, 2.45) is 5.10 Å². The smallest absolute Gasteiger partial charge is 0.266 e. The number of nitrogens with zero attached hydrogens (tertiary/aromatic N) is 3. The summed E-state index contributed by atoms with van der Waals surface area (Å²) in [5.74, 6) is -0.205. The molecule has 0 aliphatic heterocycles. The van der Waals surface area contributed by atoms with Gasteiger partial charge in [0.1, 0.15) is 0 Å². The van der Waals surface area contributed by atoms with Gasteiger partial charge in [0.15, 0.2) is 5.16 Å². The molecule has 7 heteroatoms. The Bertz CT molecular complexity index is 1380. The van der Waals surface area contributed by atoms with Crippen LogP contribution >= 0.6 is 11.8 Å². The average Bonchev–Trinajstić information content (AvgIpc) is 2.84. The van der Waals surface area contributed by atoms with Crippen LogP contribution in [-0.2, 0) is 11.2 Å². The van der Waals surface area contributed by atoms with Gasteiger partial charge in [-0.3, -0.25) is 14.2 Å². The van der Waals surface area contributed by atoms with E-state index in [2.05, 4.69) is 22.4 Å². The Labute approximate surface area is 196 Å². The Morgan fingerprint density at radius 3 is 2.55 bits per heavy atom. The van der Waals surface area contributed by atoms with Gasteiger partial charge in [0, 0.05) is 0 Å². The van der Waals surface area contributed by atoms with Gasteiger partial charge in [-0.2, -0.15) is 5.10 Å². The van der Waals surface area contributed by atoms with Crippen LogP contribution in [0, 0.1) is 6.92 Å². The monoisotopic (exact) mass is 456 g/mol. The van der Waals surface area contributed by atoms with Gasteiger partial charge in [0.25, 0.3) is 11.5 Å². The molecule has 1 amide bonds. The lowest BCUT2D eigenvalue weighted by Crippen LogP contribution is -2.24. The van der Waals surface area contributed by atoms with Crippen molar-refractivity contribution in [1.82, 2.24) is 15.0 Å². The summed E-state index contributed by atoms with van der Waals surface area (Å²) in [6, 6.07) is 22.9. The number of aromatic nitrogens is 2. The van der Waals surface area contributed by atoms with Crippen LogP contribution in [0.4, 0.5) is 0 Å². The number of hydrazone groups is 1. The van der Waals surface area contributed by atoms with Crippen LogP contribution in [0.1, 0.15) is 23.6 Å². The number of carbonyl (C=O) groups is 1. The van der Waals surface area contributed by atoms with E-state index in [4.69, 9.17) is 0 Å². The standard InChI is InChI=1S/C26H24N4O2S/c1-3-19-12-14-20(15-13-19)16-27-29-24(31)17-33-26-28-22-10-6-5-9-21(22)25(32)30(26)23-11-7-4-8-18(23)2/h4-16H,3,17H2,1-2H3,(H,29,31)/b27-16+. The van der Waals surface area contributed by atoms with E-state index < -0.39 is 0 Å². The van der Waals surface area contributed by atoms with Crippen molar-refractivity contribution in [2.75, 3.05) is 5.75 Å². The number of hydrogen-bond acceptors (Lipinski definition) is 5. The SMILES string of the molecule is CCc1ccc(/C=N/NC(=O)CSc2nc3ccccc3c(=O)n2-c2ccccc2C)cc1. The van der Waals surface area contributed by atoms with Crippen LogP contribution < -0.4 is 11.0 Å². The summed E-state index contributed by atoms with van der Waals surface area (Å²) in [4.78, 5) is 30.4. The number of benzene rings is 3. The molecule has 4 aromatic rings. The maximum absolute atomic E-state index is 13.3. The zero-order valence-electron chi connectivity index (χ0n) is 18.5. The number of aryl methyl sites for hydroxylation is 2. The number of fused-ring (bicyclic) bond motifs is 1. The molecule has 6 nitrogen and oxygen atoms in total. The minimum atomic E-state index is -0.278. The summed E-state index contributed by atoms with van der Waals surface area (Å²) in [7, 11) is 0. The summed E-state index contributed by atoms with van der Waals surface area (Å²) in [6.07, 6.45) is 2.58. The van der Waals surface area contributed by atoms with Crippen LogP contribution in [0.2, 0.25) is 0 Å². The highest BCUT2D eigenvalue weighted by Gasteiger charge is 2.15. The van der Waals surface area contributed by atoms with Crippen LogP contribution in [0.3, 0.4) is 0 Å². The second-order valence-corrected chi connectivity index (χ2v) is 8.46. The number of para-hydroxylation sites is 2. The predicted molar refractivity (Wildman–Crippen MR) is 134 cm³/mol. The van der Waals surface area contributed by atoms with Crippen molar-refractivity contribution in [1.29, 1.82) is 0 Å². The van der Waals surface area contributed by atoms with E-state index >= 15 is 0 Å². The topological polar surface area (TPSA) is 76.3 Å². The molecule has 0 fully saturated rings. The van der Waals surface area contributed by atoms with Gasteiger partial charge in [-0.1, -0.05) is 73.3 Å². The minimum Gasteiger partial charge on any atom is -0.272 e. The second kappa shape index (κ2) is 10.3. The second-order valence-electron chi connectivity index (χ2n) is 7.52. The molecule has 1 aromatic heterocycles. The molecule has 0 radical (unpaired) electrons. The predicted octanol–water partition coefficient (Wildman–Crippen LogP) is 4.50. The molecule has 0 aliphatic carbocycles. The molecular weight excluding hydrogens is 432 g/mol. The summed E-state index contributed by atoms with van der Waals surface area (Å²) < 4.78 is 1.58. The first kappa shape index (κ1) is 22.5. The molecule has 33 heavy (non-hydrogen) atoms. The molecule has 0 bridgehead atoms. The molecule has 4 rings (SSSR count). The van der Waals surface area contributed by atoms with Gasteiger partial charge in [0.05, 0.1) is 28.6 Å². The van der Waals surface area contributed by atoms with Crippen LogP contribution in [0.25, 0.3) is 16.6 Å². The van der Waals surface area contributed by atoms with E-state index in [0.717, 1.165) is 23.2 Å². The molecule has 0 saturated carbocycles. The summed E-state index contributed by atoms with van der Waals surface area (Å²) in [5.41, 5.74) is 6.83. The molecule has 0 aliphatic rings. The van der Waals surface area contributed by atoms with E-state index in [1.54, 1.807) is 22.9 Å². The first-order valence-corrected chi connectivity index (χ1v) is 11.7. The Hall–Kier alpha value is -3.71. The summed E-state index contributed by atoms with van der Waals surface area (Å²) in [6.45, 7) is 4.05. The third kappa shape index (κ3) is 5.21. The van der Waals surface area contributed by atoms with Crippen molar-refractivity contribution < 1.29 is 4.79 Å². The zero-order valence-corrected chi connectivity index (χ0v) is 19.3. The van der Waals surface area contributed by atoms with Crippen molar-refractivity contribution in [3.63, 3.8) is 0 Å². The normalized spacial score (nSPS) is 11.2. The highest BCUT2D eigenvalue weighted by Crippen LogP contribution is 2.23. The zero-order chi connectivity index (χ0) is 23.2. The van der Waals surface area contributed by atoms with E-state index in [1.165, 1.54) is 17.3 Å². The number of thioether (sulfide) groups is 1. The van der Waals surface area contributed by atoms with Crippen LogP contribution in [0.15, 0.2) is 87.8 Å². The lowest BCUT2D eigenvalue weighted by molar-refractivity contribution is -0.118. The van der Waals surface area contributed by atoms with Crippen molar-refractivity contribution in [2.45, 2.75) is 25.4 Å². The van der Waals surface area contributed by atoms with E-state index in [9.17, 15) is 9.59 Å². The molecule has 0 saturated heterocycles. The Morgan fingerprint density at radius 1 is 1.06 bits per heavy atom. The third-order valence-corrected chi connectivity index (χ3v) is 6.16. The molecule has 0 atom stereocenters. The van der Waals surface area contributed by atoms with E-state index in [1.807, 2.05) is 67.6 Å². The number of hydrogen-bond donors (Lipinski definition) is 1. The fourth-order valence-electron chi connectivity index (χ4n) is 3.42. The Kier molecular flexibility index (Phi) is 7.00. The molecule has 166 valence electrons. The summed E-state index contributed by atoms with van der Waals surface area (Å²) >= 11 is 1.20. The maximum atomic E-state index is 13.3. The largest absolute Gasteiger partial charge is 0.272 e. The number of nitrogens with one attached hydrogen (secondary N) is 1. The first-order chi connectivity index (χ1) is 16.1. The van der Waals surface area contributed by atoms with Gasteiger partial charge >= 0.3 is 0 Å². The number of rotatable bonds is 7. The third-order valence-electron chi connectivity index (χ3n) is 5.22. The van der Waals surface area contributed by atoms with Crippen LogP contribution in [0.5, 0.6) is 0 Å². The van der Waals surface area contributed by atoms with Gasteiger partial charge in [0.2, 0.25) is 0 Å². The lowest BCUT2D eigenvalue weighted by atomic mass is 10.1. The highest BCUT2D eigenvalue weighted by atomic mass is 32.2. The first-order valence-electron chi connectivity index (χ1n) is 10.7. The molecule has 3 aromatic carbocycles. The molecule has 0 unspecified atom stereocenters. The number of carbonyl (C=O) groups excluding carboxylic acids is 1. The molecule has 1 heterocycles.